The van der Waals surface area contributed by atoms with E-state index in [0.29, 0.717) is 11.1 Å². The van der Waals surface area contributed by atoms with Crippen LogP contribution in [0.4, 0.5) is 0 Å². The Labute approximate surface area is 111 Å². The predicted molar refractivity (Wildman–Crippen MR) is 49.8 cm³/mol. The van der Waals surface area contributed by atoms with Gasteiger partial charge in [-0.1, -0.05) is 24.3 Å². The summed E-state index contributed by atoms with van der Waals surface area (Å²) < 4.78 is 31.2. The van der Waals surface area contributed by atoms with Crippen LogP contribution in [0.25, 0.3) is 0 Å². The van der Waals surface area contributed by atoms with Gasteiger partial charge in [-0.2, -0.15) is 0 Å². The minimum absolute atomic E-state index is 0. The molecule has 0 aliphatic heterocycles. The van der Waals surface area contributed by atoms with Crippen molar-refractivity contribution in [1.82, 2.24) is 0 Å². The fraction of sp³-hybridized carbons (Fsp3) is 0.222. The average molecular weight is 236 g/mol. The normalized spacial score (nSPS) is 10.5. The van der Waals surface area contributed by atoms with Gasteiger partial charge in [0, 0.05) is 5.56 Å². The largest absolute Gasteiger partial charge is 1.00 e. The molecule has 1 aromatic rings. The summed E-state index contributed by atoms with van der Waals surface area (Å²) in [6.07, 6.45) is 0. The van der Waals surface area contributed by atoms with Crippen molar-refractivity contribution in [2.24, 2.45) is 0 Å². The minimum atomic E-state index is -4.25. The van der Waals surface area contributed by atoms with E-state index in [1.165, 1.54) is 31.2 Å². The molecule has 1 rings (SSSR count). The molecule has 0 heterocycles. The molecule has 0 atom stereocenters. The van der Waals surface area contributed by atoms with Crippen LogP contribution in [0, 0.1) is 0 Å². The molecule has 1 aromatic carbocycles. The van der Waals surface area contributed by atoms with Crippen molar-refractivity contribution in [2.75, 3.05) is 0 Å². The first-order valence-corrected chi connectivity index (χ1v) is 5.50. The Morgan fingerprint density at radius 3 is 2.07 bits per heavy atom. The van der Waals surface area contributed by atoms with E-state index in [2.05, 4.69) is 0 Å². The molecule has 0 radical (unpaired) electrons. The molecule has 0 bridgehead atoms. The molecule has 0 N–H and O–H groups in total. The summed E-state index contributed by atoms with van der Waals surface area (Å²) in [5.41, 5.74) is 0.891. The van der Waals surface area contributed by atoms with Gasteiger partial charge < -0.3 is 4.55 Å². The SMILES string of the molecule is CC(=O)c1ccc(CS(=O)(=O)[O-])cc1.[Na+]. The summed E-state index contributed by atoms with van der Waals surface area (Å²) in [6.45, 7) is 1.42. The van der Waals surface area contributed by atoms with Crippen LogP contribution in [-0.4, -0.2) is 18.8 Å². The second kappa shape index (κ2) is 5.77. The third kappa shape index (κ3) is 5.44. The smallest absolute Gasteiger partial charge is 0.748 e. The molecule has 4 nitrogen and oxygen atoms in total. The number of hydrogen-bond acceptors (Lipinski definition) is 4. The standard InChI is InChI=1S/C9H10O4S.Na/c1-7(10)9-4-2-8(3-5-9)6-14(11,12)13;/h2-5H,6H2,1H3,(H,11,12,13);/q;+1/p-1. The van der Waals surface area contributed by atoms with Gasteiger partial charge in [-0.3, -0.25) is 4.79 Å². The van der Waals surface area contributed by atoms with Gasteiger partial charge in [0.2, 0.25) is 0 Å². The maximum Gasteiger partial charge on any atom is 1.00 e. The van der Waals surface area contributed by atoms with Crippen LogP contribution < -0.4 is 29.6 Å². The first-order chi connectivity index (χ1) is 6.38. The Kier molecular flexibility index (Phi) is 5.69. The predicted octanol–water partition coefficient (Wildman–Crippen LogP) is -2.06. The fourth-order valence-electron chi connectivity index (χ4n) is 1.04. The van der Waals surface area contributed by atoms with E-state index >= 15 is 0 Å². The fourth-order valence-corrected chi connectivity index (χ4v) is 1.64. The monoisotopic (exact) mass is 236 g/mol. The van der Waals surface area contributed by atoms with Crippen LogP contribution in [-0.2, 0) is 15.9 Å². The zero-order valence-electron chi connectivity index (χ0n) is 8.56. The molecule has 0 aromatic heterocycles. The van der Waals surface area contributed by atoms with Gasteiger partial charge >= 0.3 is 29.6 Å². The molecule has 76 valence electrons. The van der Waals surface area contributed by atoms with Crippen molar-refractivity contribution in [2.45, 2.75) is 12.7 Å². The Bertz CT molecular complexity index is 436. The third-order valence-corrected chi connectivity index (χ3v) is 2.39. The van der Waals surface area contributed by atoms with E-state index in [1.807, 2.05) is 0 Å². The average Bonchev–Trinajstić information content (AvgIpc) is 2.02. The molecule has 6 heteroatoms. The van der Waals surface area contributed by atoms with Gasteiger partial charge in [0.25, 0.3) is 0 Å². The molecule has 0 saturated carbocycles. The topological polar surface area (TPSA) is 74.3 Å². The maximum atomic E-state index is 10.9. The number of rotatable bonds is 3. The van der Waals surface area contributed by atoms with E-state index in [1.54, 1.807) is 0 Å². The van der Waals surface area contributed by atoms with Crippen LogP contribution in [0.5, 0.6) is 0 Å². The zero-order valence-corrected chi connectivity index (χ0v) is 11.4. The van der Waals surface area contributed by atoms with Crippen molar-refractivity contribution < 1.29 is 47.3 Å². The molecule has 15 heavy (non-hydrogen) atoms. The number of ketones is 1. The zero-order chi connectivity index (χ0) is 10.8. The first-order valence-electron chi connectivity index (χ1n) is 3.92. The third-order valence-electron chi connectivity index (χ3n) is 1.70. The van der Waals surface area contributed by atoms with Crippen molar-refractivity contribution in [1.29, 1.82) is 0 Å². The molecule has 0 aliphatic carbocycles. The summed E-state index contributed by atoms with van der Waals surface area (Å²) in [6, 6.07) is 5.93. The van der Waals surface area contributed by atoms with E-state index in [9.17, 15) is 17.8 Å². The van der Waals surface area contributed by atoms with Crippen LogP contribution in [0.1, 0.15) is 22.8 Å². The molecule has 0 spiro atoms. The van der Waals surface area contributed by atoms with Gasteiger partial charge in [-0.15, -0.1) is 0 Å². The Balaban J connectivity index is 0.00000196. The number of hydrogen-bond donors (Lipinski definition) is 0. The van der Waals surface area contributed by atoms with Gasteiger partial charge in [0.05, 0.1) is 15.9 Å². The molecular formula is C9H9NaO4S. The van der Waals surface area contributed by atoms with Gasteiger partial charge in [-0.25, -0.2) is 8.42 Å². The second-order valence-electron chi connectivity index (χ2n) is 2.96. The van der Waals surface area contributed by atoms with E-state index in [4.69, 9.17) is 0 Å². The number of carbonyl (C=O) groups excluding carboxylic acids is 1. The van der Waals surface area contributed by atoms with Crippen LogP contribution in [0.3, 0.4) is 0 Å². The van der Waals surface area contributed by atoms with Crippen LogP contribution >= 0.6 is 0 Å². The molecule has 0 unspecified atom stereocenters. The summed E-state index contributed by atoms with van der Waals surface area (Å²) in [7, 11) is -4.25. The molecule has 0 amide bonds. The second-order valence-corrected chi connectivity index (χ2v) is 4.36. The summed E-state index contributed by atoms with van der Waals surface area (Å²) in [5, 5.41) is 0. The van der Waals surface area contributed by atoms with Crippen LogP contribution in [0.2, 0.25) is 0 Å². The molecule has 0 aliphatic rings. The molecule has 0 fully saturated rings. The van der Waals surface area contributed by atoms with E-state index < -0.39 is 15.9 Å². The van der Waals surface area contributed by atoms with E-state index in [-0.39, 0.29) is 35.3 Å². The van der Waals surface area contributed by atoms with Crippen molar-refractivity contribution in [3.63, 3.8) is 0 Å². The first kappa shape index (κ1) is 14.8. The van der Waals surface area contributed by atoms with Gasteiger partial charge in [0.15, 0.2) is 5.78 Å². The van der Waals surface area contributed by atoms with Gasteiger partial charge in [-0.05, 0) is 12.5 Å². The van der Waals surface area contributed by atoms with E-state index in [0.717, 1.165) is 0 Å². The van der Waals surface area contributed by atoms with Gasteiger partial charge in [0.1, 0.15) is 0 Å². The Morgan fingerprint density at radius 1 is 1.27 bits per heavy atom. The summed E-state index contributed by atoms with van der Waals surface area (Å²) in [5.74, 6) is -0.632. The van der Waals surface area contributed by atoms with Crippen molar-refractivity contribution in [3.05, 3.63) is 35.4 Å². The number of Topliss-reactive ketones (excluding diaryl/α,β-unsaturated/α-hetero) is 1. The number of carbonyl (C=O) groups is 1. The quantitative estimate of drug-likeness (QED) is 0.343. The van der Waals surface area contributed by atoms with Crippen molar-refractivity contribution in [3.8, 4) is 0 Å². The van der Waals surface area contributed by atoms with Crippen molar-refractivity contribution >= 4 is 15.9 Å². The Hall–Kier alpha value is -0.200. The Morgan fingerprint density at radius 2 is 1.73 bits per heavy atom. The summed E-state index contributed by atoms with van der Waals surface area (Å²) >= 11 is 0. The summed E-state index contributed by atoms with van der Waals surface area (Å²) in [4.78, 5) is 10.9. The molecule has 0 saturated heterocycles. The molecular weight excluding hydrogens is 227 g/mol. The van der Waals surface area contributed by atoms with Crippen LogP contribution in [0.15, 0.2) is 24.3 Å². The minimum Gasteiger partial charge on any atom is -0.748 e. The number of benzene rings is 1. The maximum absolute atomic E-state index is 10.9.